The van der Waals surface area contributed by atoms with Gasteiger partial charge < -0.3 is 14.8 Å². The molecule has 1 N–H and O–H groups in total. The smallest absolute Gasteiger partial charge is 0.302 e. The Labute approximate surface area is 132 Å². The minimum Gasteiger partial charge on any atom is -0.481 e. The van der Waals surface area contributed by atoms with E-state index in [0.29, 0.717) is 16.3 Å². The molecule has 0 saturated heterocycles. The predicted molar refractivity (Wildman–Crippen MR) is 81.9 cm³/mol. The molecule has 0 atom stereocenters. The zero-order valence-corrected chi connectivity index (χ0v) is 12.7. The van der Waals surface area contributed by atoms with E-state index >= 15 is 0 Å². The van der Waals surface area contributed by atoms with Crippen LogP contribution in [0, 0.1) is 0 Å². The van der Waals surface area contributed by atoms with Gasteiger partial charge in [0.05, 0.1) is 11.6 Å². The van der Waals surface area contributed by atoms with Crippen LogP contribution in [0.1, 0.15) is 6.92 Å². The van der Waals surface area contributed by atoms with Gasteiger partial charge in [-0.3, -0.25) is 14.6 Å². The third kappa shape index (κ3) is 4.33. The lowest BCUT2D eigenvalue weighted by Gasteiger charge is -2.10. The van der Waals surface area contributed by atoms with Crippen molar-refractivity contribution in [2.45, 2.75) is 6.92 Å². The molecule has 1 aromatic heterocycles. The first-order valence-electron chi connectivity index (χ1n) is 6.64. The molecule has 6 nitrogen and oxygen atoms in total. The van der Waals surface area contributed by atoms with Crippen LogP contribution in [0.4, 0.5) is 0 Å². The number of amides is 1. The molecule has 2 aromatic rings. The number of esters is 1. The van der Waals surface area contributed by atoms with Gasteiger partial charge in [-0.25, -0.2) is 0 Å². The van der Waals surface area contributed by atoms with Crippen molar-refractivity contribution < 1.29 is 19.1 Å². The zero-order chi connectivity index (χ0) is 15.9. The number of carbonyl (C=O) groups is 2. The molecule has 0 saturated carbocycles. The number of hydrogen-bond donors (Lipinski definition) is 1. The van der Waals surface area contributed by atoms with Crippen LogP contribution in [-0.2, 0) is 14.3 Å². The van der Waals surface area contributed by atoms with Gasteiger partial charge in [-0.1, -0.05) is 11.6 Å². The summed E-state index contributed by atoms with van der Waals surface area (Å²) in [6.45, 7) is 1.52. The van der Waals surface area contributed by atoms with Crippen molar-refractivity contribution in [2.75, 3.05) is 19.8 Å². The van der Waals surface area contributed by atoms with Crippen molar-refractivity contribution in [3.8, 4) is 5.75 Å². The third-order valence-electron chi connectivity index (χ3n) is 2.77. The van der Waals surface area contributed by atoms with Crippen LogP contribution < -0.4 is 10.1 Å². The number of benzene rings is 1. The highest BCUT2D eigenvalue weighted by molar-refractivity contribution is 6.35. The Hall–Kier alpha value is -2.34. The fourth-order valence-corrected chi connectivity index (χ4v) is 2.02. The molecule has 0 unspecified atom stereocenters. The molecule has 0 aliphatic carbocycles. The molecule has 0 radical (unpaired) electrons. The molecule has 116 valence electrons. The maximum absolute atomic E-state index is 11.6. The van der Waals surface area contributed by atoms with E-state index in [-0.39, 0.29) is 31.6 Å². The second-order valence-electron chi connectivity index (χ2n) is 4.42. The Kier molecular flexibility index (Phi) is 5.55. The molecule has 0 aliphatic heterocycles. The zero-order valence-electron chi connectivity index (χ0n) is 12.0. The van der Waals surface area contributed by atoms with E-state index in [4.69, 9.17) is 21.1 Å². The Morgan fingerprint density at radius 1 is 1.32 bits per heavy atom. The third-order valence-corrected chi connectivity index (χ3v) is 3.10. The topological polar surface area (TPSA) is 77.5 Å². The van der Waals surface area contributed by atoms with Crippen molar-refractivity contribution in [2.24, 2.45) is 0 Å². The summed E-state index contributed by atoms with van der Waals surface area (Å²) in [5, 5.41) is 3.91. The largest absolute Gasteiger partial charge is 0.481 e. The lowest BCUT2D eigenvalue weighted by molar-refractivity contribution is -0.141. The minimum atomic E-state index is -0.385. The number of nitrogens with zero attached hydrogens (tertiary/aromatic N) is 1. The number of pyridine rings is 1. The molecule has 0 aliphatic rings. The standard InChI is InChI=1S/C15H15ClN2O4/c1-10(19)21-8-7-17-14(20)9-22-13-5-4-12(16)11-3-2-6-18-15(11)13/h2-6H,7-9H2,1H3,(H,17,20). The predicted octanol–water partition coefficient (Wildman–Crippen LogP) is 1.95. The van der Waals surface area contributed by atoms with E-state index in [1.165, 1.54) is 6.92 Å². The summed E-state index contributed by atoms with van der Waals surface area (Å²) in [6, 6.07) is 6.97. The summed E-state index contributed by atoms with van der Waals surface area (Å²) < 4.78 is 10.2. The normalized spacial score (nSPS) is 10.3. The number of fused-ring (bicyclic) bond motifs is 1. The monoisotopic (exact) mass is 322 g/mol. The Bertz CT molecular complexity index is 690. The van der Waals surface area contributed by atoms with Crippen molar-refractivity contribution in [3.05, 3.63) is 35.5 Å². The quantitative estimate of drug-likeness (QED) is 0.649. The maximum atomic E-state index is 11.6. The fraction of sp³-hybridized carbons (Fsp3) is 0.267. The summed E-state index contributed by atoms with van der Waals surface area (Å²) in [5.74, 6) is -0.217. The first kappa shape index (κ1) is 16.0. The van der Waals surface area contributed by atoms with E-state index < -0.39 is 0 Å². The number of nitrogens with one attached hydrogen (secondary N) is 1. The Morgan fingerprint density at radius 3 is 2.91 bits per heavy atom. The number of ether oxygens (including phenoxy) is 2. The van der Waals surface area contributed by atoms with Gasteiger partial charge in [-0.2, -0.15) is 0 Å². The van der Waals surface area contributed by atoms with Gasteiger partial charge in [0.25, 0.3) is 5.91 Å². The molecule has 22 heavy (non-hydrogen) atoms. The highest BCUT2D eigenvalue weighted by atomic mass is 35.5. The van der Waals surface area contributed by atoms with Gasteiger partial charge in [-0.05, 0) is 24.3 Å². The van der Waals surface area contributed by atoms with Gasteiger partial charge in [0.1, 0.15) is 17.9 Å². The molecule has 7 heteroatoms. The number of halogens is 1. The average molecular weight is 323 g/mol. The van der Waals surface area contributed by atoms with Crippen molar-refractivity contribution in [1.82, 2.24) is 10.3 Å². The van der Waals surface area contributed by atoms with Crippen LogP contribution in [0.5, 0.6) is 5.75 Å². The minimum absolute atomic E-state index is 0.131. The van der Waals surface area contributed by atoms with Crippen molar-refractivity contribution >= 4 is 34.4 Å². The first-order chi connectivity index (χ1) is 10.6. The number of rotatable bonds is 6. The van der Waals surface area contributed by atoms with E-state index in [9.17, 15) is 9.59 Å². The molecule has 1 aromatic carbocycles. The van der Waals surface area contributed by atoms with Crippen LogP contribution >= 0.6 is 11.6 Å². The highest BCUT2D eigenvalue weighted by Crippen LogP contribution is 2.29. The molecular weight excluding hydrogens is 308 g/mol. The molecule has 0 fully saturated rings. The molecule has 1 heterocycles. The van der Waals surface area contributed by atoms with Crippen LogP contribution in [0.3, 0.4) is 0 Å². The number of hydrogen-bond acceptors (Lipinski definition) is 5. The molecule has 1 amide bonds. The summed E-state index contributed by atoms with van der Waals surface area (Å²) in [5.41, 5.74) is 0.600. The number of aromatic nitrogens is 1. The second kappa shape index (κ2) is 7.61. The summed E-state index contributed by atoms with van der Waals surface area (Å²) in [7, 11) is 0. The molecule has 0 spiro atoms. The van der Waals surface area contributed by atoms with E-state index in [1.807, 2.05) is 6.07 Å². The van der Waals surface area contributed by atoms with Gasteiger partial charge in [0.15, 0.2) is 6.61 Å². The average Bonchev–Trinajstić information content (AvgIpc) is 2.51. The van der Waals surface area contributed by atoms with Gasteiger partial charge in [0, 0.05) is 18.5 Å². The maximum Gasteiger partial charge on any atom is 0.302 e. The van der Waals surface area contributed by atoms with Gasteiger partial charge in [0.2, 0.25) is 0 Å². The summed E-state index contributed by atoms with van der Waals surface area (Å²) >= 11 is 6.09. The lowest BCUT2D eigenvalue weighted by Crippen LogP contribution is -2.32. The fourth-order valence-electron chi connectivity index (χ4n) is 1.81. The number of carbonyl (C=O) groups excluding carboxylic acids is 2. The molecule has 2 rings (SSSR count). The van der Waals surface area contributed by atoms with Crippen LogP contribution in [-0.4, -0.2) is 36.6 Å². The van der Waals surface area contributed by atoms with E-state index in [1.54, 1.807) is 24.4 Å². The summed E-state index contributed by atoms with van der Waals surface area (Å²) in [6.07, 6.45) is 1.63. The van der Waals surface area contributed by atoms with Crippen molar-refractivity contribution in [1.29, 1.82) is 0 Å². The molecular formula is C15H15ClN2O4. The van der Waals surface area contributed by atoms with Crippen LogP contribution in [0.25, 0.3) is 10.9 Å². The summed E-state index contributed by atoms with van der Waals surface area (Å²) in [4.78, 5) is 26.4. The second-order valence-corrected chi connectivity index (χ2v) is 4.83. The van der Waals surface area contributed by atoms with E-state index in [0.717, 1.165) is 5.39 Å². The van der Waals surface area contributed by atoms with Gasteiger partial charge >= 0.3 is 5.97 Å². The first-order valence-corrected chi connectivity index (χ1v) is 7.02. The van der Waals surface area contributed by atoms with Crippen LogP contribution in [0.15, 0.2) is 30.5 Å². The van der Waals surface area contributed by atoms with Crippen molar-refractivity contribution in [3.63, 3.8) is 0 Å². The Balaban J connectivity index is 1.91. The van der Waals surface area contributed by atoms with Gasteiger partial charge in [-0.15, -0.1) is 0 Å². The SMILES string of the molecule is CC(=O)OCCNC(=O)COc1ccc(Cl)c2cccnc12. The highest BCUT2D eigenvalue weighted by Gasteiger charge is 2.09. The van der Waals surface area contributed by atoms with Crippen LogP contribution in [0.2, 0.25) is 5.02 Å². The molecule has 0 bridgehead atoms. The lowest BCUT2D eigenvalue weighted by atomic mass is 10.2. The van der Waals surface area contributed by atoms with E-state index in [2.05, 4.69) is 10.3 Å². The Morgan fingerprint density at radius 2 is 2.14 bits per heavy atom.